The highest BCUT2D eigenvalue weighted by atomic mass is 16.5. The monoisotopic (exact) mass is 234 g/mol. The maximum atomic E-state index is 11.6. The topological polar surface area (TPSA) is 64.3 Å². The zero-order valence-corrected chi connectivity index (χ0v) is 10.0. The van der Waals surface area contributed by atoms with E-state index in [1.807, 2.05) is 0 Å². The molecule has 0 spiro atoms. The van der Waals surface area contributed by atoms with E-state index < -0.39 is 0 Å². The number of anilines is 2. The first-order valence-corrected chi connectivity index (χ1v) is 5.93. The van der Waals surface area contributed by atoms with Crippen molar-refractivity contribution in [3.8, 4) is 0 Å². The predicted molar refractivity (Wildman–Crippen MR) is 68.0 cm³/mol. The van der Waals surface area contributed by atoms with Gasteiger partial charge in [0.05, 0.1) is 24.0 Å². The number of hydrogen-bond donors (Lipinski definition) is 2. The van der Waals surface area contributed by atoms with Gasteiger partial charge >= 0.3 is 5.97 Å². The highest BCUT2D eigenvalue weighted by molar-refractivity contribution is 5.98. The van der Waals surface area contributed by atoms with E-state index >= 15 is 0 Å². The van der Waals surface area contributed by atoms with Crippen LogP contribution in [-0.2, 0) is 4.74 Å². The van der Waals surface area contributed by atoms with Crippen molar-refractivity contribution in [2.75, 3.05) is 24.7 Å². The van der Waals surface area contributed by atoms with Crippen molar-refractivity contribution in [2.24, 2.45) is 5.92 Å². The molecule has 0 saturated heterocycles. The third-order valence-corrected chi connectivity index (χ3v) is 3.05. The molecule has 1 aromatic carbocycles. The average molecular weight is 234 g/mol. The molecule has 2 rings (SSSR count). The SMILES string of the molecule is COC(=O)c1cccc(N)c1NCCC1CC1. The molecular formula is C13H18N2O2. The molecule has 1 aromatic rings. The minimum Gasteiger partial charge on any atom is -0.465 e. The van der Waals surface area contributed by atoms with E-state index in [1.165, 1.54) is 20.0 Å². The number of rotatable bonds is 5. The van der Waals surface area contributed by atoms with Gasteiger partial charge in [-0.3, -0.25) is 0 Å². The Morgan fingerprint density at radius 1 is 1.53 bits per heavy atom. The fourth-order valence-corrected chi connectivity index (χ4v) is 1.86. The Bertz CT molecular complexity index is 414. The molecule has 1 aliphatic carbocycles. The molecule has 0 aromatic heterocycles. The summed E-state index contributed by atoms with van der Waals surface area (Å²) in [6, 6.07) is 5.27. The lowest BCUT2D eigenvalue weighted by molar-refractivity contribution is 0.0602. The quantitative estimate of drug-likeness (QED) is 0.606. The maximum absolute atomic E-state index is 11.6. The molecule has 1 fully saturated rings. The minimum atomic E-state index is -0.355. The first-order chi connectivity index (χ1) is 8.22. The van der Waals surface area contributed by atoms with E-state index in [1.54, 1.807) is 18.2 Å². The van der Waals surface area contributed by atoms with Crippen LogP contribution in [0.3, 0.4) is 0 Å². The van der Waals surface area contributed by atoms with Gasteiger partial charge < -0.3 is 15.8 Å². The van der Waals surface area contributed by atoms with Gasteiger partial charge in [0.25, 0.3) is 0 Å². The Labute approximate surface area is 101 Å². The van der Waals surface area contributed by atoms with Gasteiger partial charge in [-0.1, -0.05) is 18.9 Å². The Morgan fingerprint density at radius 3 is 2.94 bits per heavy atom. The van der Waals surface area contributed by atoms with Crippen molar-refractivity contribution >= 4 is 17.3 Å². The molecule has 0 heterocycles. The number of benzene rings is 1. The number of carbonyl (C=O) groups excluding carboxylic acids is 1. The molecule has 0 unspecified atom stereocenters. The van der Waals surface area contributed by atoms with Gasteiger partial charge in [-0.2, -0.15) is 0 Å². The fraction of sp³-hybridized carbons (Fsp3) is 0.462. The van der Waals surface area contributed by atoms with Crippen LogP contribution >= 0.6 is 0 Å². The number of nitrogens with one attached hydrogen (secondary N) is 1. The number of nitrogen functional groups attached to an aromatic ring is 1. The minimum absolute atomic E-state index is 0.355. The van der Waals surface area contributed by atoms with E-state index in [2.05, 4.69) is 5.32 Å². The number of hydrogen-bond acceptors (Lipinski definition) is 4. The maximum Gasteiger partial charge on any atom is 0.340 e. The van der Waals surface area contributed by atoms with Gasteiger partial charge in [0.15, 0.2) is 0 Å². The Kier molecular flexibility index (Phi) is 3.52. The summed E-state index contributed by atoms with van der Waals surface area (Å²) in [7, 11) is 1.37. The molecule has 17 heavy (non-hydrogen) atoms. The van der Waals surface area contributed by atoms with E-state index in [4.69, 9.17) is 10.5 Å². The zero-order valence-electron chi connectivity index (χ0n) is 10.0. The third kappa shape index (κ3) is 2.90. The van der Waals surface area contributed by atoms with Crippen LogP contribution in [0.4, 0.5) is 11.4 Å². The molecule has 0 atom stereocenters. The van der Waals surface area contributed by atoms with E-state index in [9.17, 15) is 4.79 Å². The molecule has 3 N–H and O–H groups in total. The molecule has 92 valence electrons. The first-order valence-electron chi connectivity index (χ1n) is 5.93. The van der Waals surface area contributed by atoms with Crippen molar-refractivity contribution in [2.45, 2.75) is 19.3 Å². The summed E-state index contributed by atoms with van der Waals surface area (Å²) in [4.78, 5) is 11.6. The number of para-hydroxylation sites is 1. The Hall–Kier alpha value is -1.71. The van der Waals surface area contributed by atoms with Crippen LogP contribution in [0.5, 0.6) is 0 Å². The molecule has 4 heteroatoms. The van der Waals surface area contributed by atoms with Crippen molar-refractivity contribution in [1.82, 2.24) is 0 Å². The normalized spacial score (nSPS) is 14.4. The van der Waals surface area contributed by atoms with E-state index in [0.29, 0.717) is 16.9 Å². The van der Waals surface area contributed by atoms with Crippen LogP contribution < -0.4 is 11.1 Å². The van der Waals surface area contributed by atoms with Gasteiger partial charge in [0, 0.05) is 6.54 Å². The zero-order chi connectivity index (χ0) is 12.3. The summed E-state index contributed by atoms with van der Waals surface area (Å²) in [5.41, 5.74) is 7.66. The molecule has 0 bridgehead atoms. The van der Waals surface area contributed by atoms with Crippen LogP contribution in [0, 0.1) is 5.92 Å². The smallest absolute Gasteiger partial charge is 0.340 e. The van der Waals surface area contributed by atoms with Crippen LogP contribution in [0.25, 0.3) is 0 Å². The molecule has 1 saturated carbocycles. The number of esters is 1. The van der Waals surface area contributed by atoms with Gasteiger partial charge in [-0.05, 0) is 24.5 Å². The summed E-state index contributed by atoms with van der Waals surface area (Å²) < 4.78 is 4.74. The fourth-order valence-electron chi connectivity index (χ4n) is 1.86. The second-order valence-electron chi connectivity index (χ2n) is 4.42. The van der Waals surface area contributed by atoms with Crippen LogP contribution in [-0.4, -0.2) is 19.6 Å². The number of methoxy groups -OCH3 is 1. The molecular weight excluding hydrogens is 216 g/mol. The van der Waals surface area contributed by atoms with Crippen LogP contribution in [0.15, 0.2) is 18.2 Å². The summed E-state index contributed by atoms with van der Waals surface area (Å²) in [5, 5.41) is 3.24. The Balaban J connectivity index is 2.08. The van der Waals surface area contributed by atoms with Crippen LogP contribution in [0.2, 0.25) is 0 Å². The summed E-state index contributed by atoms with van der Waals surface area (Å²) in [6.07, 6.45) is 3.79. The van der Waals surface area contributed by atoms with Gasteiger partial charge in [-0.15, -0.1) is 0 Å². The molecule has 0 radical (unpaired) electrons. The second-order valence-corrected chi connectivity index (χ2v) is 4.42. The number of carbonyl (C=O) groups is 1. The third-order valence-electron chi connectivity index (χ3n) is 3.05. The van der Waals surface area contributed by atoms with Gasteiger partial charge in [-0.25, -0.2) is 4.79 Å². The van der Waals surface area contributed by atoms with Gasteiger partial charge in [0.2, 0.25) is 0 Å². The molecule has 1 aliphatic rings. The highest BCUT2D eigenvalue weighted by Crippen LogP contribution is 2.32. The van der Waals surface area contributed by atoms with E-state index in [0.717, 1.165) is 18.9 Å². The standard InChI is InChI=1S/C13H18N2O2/c1-17-13(16)10-3-2-4-11(14)12(10)15-8-7-9-5-6-9/h2-4,9,15H,5-8,14H2,1H3. The Morgan fingerprint density at radius 2 is 2.29 bits per heavy atom. The summed E-state index contributed by atoms with van der Waals surface area (Å²) >= 11 is 0. The van der Waals surface area contributed by atoms with Crippen molar-refractivity contribution in [3.63, 3.8) is 0 Å². The van der Waals surface area contributed by atoms with Crippen molar-refractivity contribution in [3.05, 3.63) is 23.8 Å². The first kappa shape index (κ1) is 11.8. The van der Waals surface area contributed by atoms with Gasteiger partial charge in [0.1, 0.15) is 0 Å². The highest BCUT2D eigenvalue weighted by Gasteiger charge is 2.21. The lowest BCUT2D eigenvalue weighted by Gasteiger charge is -2.12. The van der Waals surface area contributed by atoms with Crippen molar-refractivity contribution < 1.29 is 9.53 Å². The van der Waals surface area contributed by atoms with E-state index in [-0.39, 0.29) is 5.97 Å². The van der Waals surface area contributed by atoms with Crippen molar-refractivity contribution in [1.29, 1.82) is 0 Å². The number of nitrogens with two attached hydrogens (primary N) is 1. The molecule has 0 aliphatic heterocycles. The lowest BCUT2D eigenvalue weighted by Crippen LogP contribution is -2.11. The summed E-state index contributed by atoms with van der Waals surface area (Å²) in [5.74, 6) is 0.500. The second kappa shape index (κ2) is 5.08. The molecule has 4 nitrogen and oxygen atoms in total. The summed E-state index contributed by atoms with van der Waals surface area (Å²) in [6.45, 7) is 0.850. The largest absolute Gasteiger partial charge is 0.465 e. The van der Waals surface area contributed by atoms with Crippen LogP contribution in [0.1, 0.15) is 29.6 Å². The lowest BCUT2D eigenvalue weighted by atomic mass is 10.1. The molecule has 0 amide bonds. The average Bonchev–Trinajstić information content (AvgIpc) is 3.14. The predicted octanol–water partition coefficient (Wildman–Crippen LogP) is 2.27. The number of ether oxygens (including phenoxy) is 1.